The van der Waals surface area contributed by atoms with Crippen LogP contribution in [0, 0.1) is 6.92 Å². The van der Waals surface area contributed by atoms with Crippen molar-refractivity contribution in [1.29, 1.82) is 0 Å². The van der Waals surface area contributed by atoms with E-state index in [0.717, 1.165) is 27.4 Å². The molecule has 6 heteroatoms. The quantitative estimate of drug-likeness (QED) is 0.668. The zero-order valence-electron chi connectivity index (χ0n) is 14.6. The van der Waals surface area contributed by atoms with Gasteiger partial charge in [0, 0.05) is 18.1 Å². The number of benzene rings is 2. The number of amides is 1. The zero-order valence-corrected chi connectivity index (χ0v) is 15.4. The maximum atomic E-state index is 12.1. The third kappa shape index (κ3) is 4.77. The second-order valence-electron chi connectivity index (χ2n) is 5.73. The van der Waals surface area contributed by atoms with Gasteiger partial charge >= 0.3 is 0 Å². The molecule has 3 rings (SSSR count). The first-order chi connectivity index (χ1) is 12.6. The molecule has 26 heavy (non-hydrogen) atoms. The first-order valence-corrected chi connectivity index (χ1v) is 8.95. The fourth-order valence-corrected chi connectivity index (χ4v) is 3.22. The summed E-state index contributed by atoms with van der Waals surface area (Å²) in [6, 6.07) is 15.8. The number of carbonyl (C=O) groups is 1. The Morgan fingerprint density at radius 2 is 2.00 bits per heavy atom. The number of hydrogen-bond acceptors (Lipinski definition) is 5. The lowest BCUT2D eigenvalue weighted by atomic mass is 10.1. The normalized spacial score (nSPS) is 10.8. The van der Waals surface area contributed by atoms with Gasteiger partial charge in [0.25, 0.3) is 0 Å². The highest BCUT2D eigenvalue weighted by molar-refractivity contribution is 7.15. The SMILES string of the molecule is COc1ccc(C)cc1/C=C/C(=O)Nc1nnc(Cc2ccccc2)s1. The Labute approximate surface area is 156 Å². The summed E-state index contributed by atoms with van der Waals surface area (Å²) in [5, 5.41) is 12.3. The van der Waals surface area contributed by atoms with Gasteiger partial charge < -0.3 is 4.74 Å². The molecule has 5 nitrogen and oxygen atoms in total. The Morgan fingerprint density at radius 3 is 2.77 bits per heavy atom. The predicted molar refractivity (Wildman–Crippen MR) is 105 cm³/mol. The minimum atomic E-state index is -0.254. The molecule has 1 N–H and O–H groups in total. The summed E-state index contributed by atoms with van der Waals surface area (Å²) < 4.78 is 5.31. The fourth-order valence-electron chi connectivity index (χ4n) is 2.44. The smallest absolute Gasteiger partial charge is 0.250 e. The first kappa shape index (κ1) is 17.8. The van der Waals surface area contributed by atoms with E-state index in [2.05, 4.69) is 15.5 Å². The van der Waals surface area contributed by atoms with Crippen LogP contribution >= 0.6 is 11.3 Å². The molecule has 0 unspecified atom stereocenters. The van der Waals surface area contributed by atoms with Crippen molar-refractivity contribution >= 4 is 28.5 Å². The Kier molecular flexibility index (Phi) is 5.76. The van der Waals surface area contributed by atoms with Crippen molar-refractivity contribution in [2.75, 3.05) is 12.4 Å². The summed E-state index contributed by atoms with van der Waals surface area (Å²) in [6.07, 6.45) is 3.90. The van der Waals surface area contributed by atoms with Crippen LogP contribution < -0.4 is 10.1 Å². The van der Waals surface area contributed by atoms with Gasteiger partial charge in [0.1, 0.15) is 10.8 Å². The number of anilines is 1. The van der Waals surface area contributed by atoms with E-state index in [9.17, 15) is 4.79 Å². The van der Waals surface area contributed by atoms with Gasteiger partial charge in [0.2, 0.25) is 11.0 Å². The molecule has 0 saturated carbocycles. The van der Waals surface area contributed by atoms with Gasteiger partial charge in [-0.1, -0.05) is 53.3 Å². The van der Waals surface area contributed by atoms with Crippen molar-refractivity contribution in [2.24, 2.45) is 0 Å². The third-order valence-electron chi connectivity index (χ3n) is 3.69. The van der Waals surface area contributed by atoms with Gasteiger partial charge in [-0.2, -0.15) is 0 Å². The van der Waals surface area contributed by atoms with Crippen LogP contribution in [0.1, 0.15) is 21.7 Å². The third-order valence-corrected chi connectivity index (χ3v) is 4.53. The minimum Gasteiger partial charge on any atom is -0.496 e. The van der Waals surface area contributed by atoms with Crippen molar-refractivity contribution in [3.63, 3.8) is 0 Å². The molecule has 1 aromatic heterocycles. The van der Waals surface area contributed by atoms with E-state index in [1.54, 1.807) is 13.2 Å². The number of hydrogen-bond donors (Lipinski definition) is 1. The van der Waals surface area contributed by atoms with E-state index in [4.69, 9.17) is 4.74 Å². The molecule has 0 aliphatic rings. The first-order valence-electron chi connectivity index (χ1n) is 8.14. The Morgan fingerprint density at radius 1 is 1.19 bits per heavy atom. The molecule has 1 amide bonds. The van der Waals surface area contributed by atoms with Crippen LogP contribution in [0.2, 0.25) is 0 Å². The monoisotopic (exact) mass is 365 g/mol. The van der Waals surface area contributed by atoms with Crippen molar-refractivity contribution in [3.8, 4) is 5.75 Å². The maximum absolute atomic E-state index is 12.1. The molecule has 0 spiro atoms. The summed E-state index contributed by atoms with van der Waals surface area (Å²) in [6.45, 7) is 1.99. The van der Waals surface area contributed by atoms with Crippen LogP contribution in [0.15, 0.2) is 54.6 Å². The average molecular weight is 365 g/mol. The molecule has 3 aromatic rings. The number of carbonyl (C=O) groups excluding carboxylic acids is 1. The summed E-state index contributed by atoms with van der Waals surface area (Å²) in [4.78, 5) is 12.1. The second-order valence-corrected chi connectivity index (χ2v) is 6.79. The summed E-state index contributed by atoms with van der Waals surface area (Å²) in [5.41, 5.74) is 3.11. The van der Waals surface area contributed by atoms with Gasteiger partial charge in [0.05, 0.1) is 7.11 Å². The Bertz CT molecular complexity index is 920. The number of nitrogens with zero attached hydrogens (tertiary/aromatic N) is 2. The lowest BCUT2D eigenvalue weighted by Crippen LogP contribution is -2.07. The molecular formula is C20H19N3O2S. The zero-order chi connectivity index (χ0) is 18.4. The van der Waals surface area contributed by atoms with E-state index < -0.39 is 0 Å². The van der Waals surface area contributed by atoms with Crippen molar-refractivity contribution < 1.29 is 9.53 Å². The molecule has 0 aliphatic heterocycles. The lowest BCUT2D eigenvalue weighted by molar-refractivity contribution is -0.111. The van der Waals surface area contributed by atoms with E-state index in [-0.39, 0.29) is 5.91 Å². The minimum absolute atomic E-state index is 0.254. The van der Waals surface area contributed by atoms with Gasteiger partial charge in [-0.3, -0.25) is 10.1 Å². The second kappa shape index (κ2) is 8.40. The predicted octanol–water partition coefficient (Wildman–Crippen LogP) is 4.10. The lowest BCUT2D eigenvalue weighted by Gasteiger charge is -2.05. The number of ether oxygens (including phenoxy) is 1. The van der Waals surface area contributed by atoms with Gasteiger partial charge in [-0.25, -0.2) is 0 Å². The topological polar surface area (TPSA) is 64.1 Å². The highest BCUT2D eigenvalue weighted by atomic mass is 32.1. The van der Waals surface area contributed by atoms with Crippen LogP contribution in [0.3, 0.4) is 0 Å². The summed E-state index contributed by atoms with van der Waals surface area (Å²) in [5.74, 6) is 0.469. The molecule has 0 atom stereocenters. The van der Waals surface area contributed by atoms with Gasteiger partial charge in [-0.05, 0) is 30.7 Å². The molecule has 1 heterocycles. The Balaban J connectivity index is 1.63. The highest BCUT2D eigenvalue weighted by Gasteiger charge is 2.07. The molecule has 2 aromatic carbocycles. The van der Waals surface area contributed by atoms with Gasteiger partial charge in [-0.15, -0.1) is 10.2 Å². The number of methoxy groups -OCH3 is 1. The molecule has 0 radical (unpaired) electrons. The van der Waals surface area contributed by atoms with Crippen molar-refractivity contribution in [3.05, 3.63) is 76.3 Å². The largest absolute Gasteiger partial charge is 0.496 e. The molecule has 0 aliphatic carbocycles. The molecule has 0 fully saturated rings. The Hall–Kier alpha value is -2.99. The molecule has 0 bridgehead atoms. The number of rotatable bonds is 6. The average Bonchev–Trinajstić information content (AvgIpc) is 3.07. The summed E-state index contributed by atoms with van der Waals surface area (Å²) in [7, 11) is 1.61. The number of aryl methyl sites for hydroxylation is 1. The van der Waals surface area contributed by atoms with Gasteiger partial charge in [0.15, 0.2) is 0 Å². The van der Waals surface area contributed by atoms with Crippen molar-refractivity contribution in [1.82, 2.24) is 10.2 Å². The van der Waals surface area contributed by atoms with E-state index in [0.29, 0.717) is 11.6 Å². The fraction of sp³-hybridized carbons (Fsp3) is 0.150. The van der Waals surface area contributed by atoms with Crippen molar-refractivity contribution in [2.45, 2.75) is 13.3 Å². The van der Waals surface area contributed by atoms with Crippen LogP contribution in [-0.2, 0) is 11.2 Å². The van der Waals surface area contributed by atoms with Crippen LogP contribution in [0.5, 0.6) is 5.75 Å². The van der Waals surface area contributed by atoms with Crippen LogP contribution in [0.25, 0.3) is 6.08 Å². The van der Waals surface area contributed by atoms with E-state index >= 15 is 0 Å². The highest BCUT2D eigenvalue weighted by Crippen LogP contribution is 2.21. The molecular weight excluding hydrogens is 346 g/mol. The van der Waals surface area contributed by atoms with Crippen LogP contribution in [-0.4, -0.2) is 23.2 Å². The van der Waals surface area contributed by atoms with E-state index in [1.807, 2.05) is 55.5 Å². The maximum Gasteiger partial charge on any atom is 0.250 e. The molecule has 132 valence electrons. The molecule has 0 saturated heterocycles. The van der Waals surface area contributed by atoms with Crippen LogP contribution in [0.4, 0.5) is 5.13 Å². The number of nitrogens with one attached hydrogen (secondary N) is 1. The number of aromatic nitrogens is 2. The van der Waals surface area contributed by atoms with E-state index in [1.165, 1.54) is 17.4 Å². The standard InChI is InChI=1S/C20H19N3O2S/c1-14-8-10-17(25-2)16(12-14)9-11-18(24)21-20-23-22-19(26-20)13-15-6-4-3-5-7-15/h3-12H,13H2,1-2H3,(H,21,23,24)/b11-9+. The summed E-state index contributed by atoms with van der Waals surface area (Å²) >= 11 is 1.38.